The normalized spacial score (nSPS) is 11.8. The predicted octanol–water partition coefficient (Wildman–Crippen LogP) is 11.1. The van der Waals surface area contributed by atoms with Gasteiger partial charge in [0, 0.05) is 35.2 Å². The van der Waals surface area contributed by atoms with Crippen LogP contribution in [0.15, 0.2) is 73.1 Å². The summed E-state index contributed by atoms with van der Waals surface area (Å²) in [6.07, 6.45) is -1.46. The van der Waals surface area contributed by atoms with E-state index in [0.717, 1.165) is 55.2 Å². The van der Waals surface area contributed by atoms with Gasteiger partial charge in [-0.2, -0.15) is 8.78 Å². The standard InChI is InChI=1S/C35H24F10N2O/c1-2-3-4-5-18-16-46-34(47-17-18)21-13-29(40)32(30(41)14-21)35(44,45)48-22-7-9-23(26(37)15-22)19-6-8-24(25(36)10-19)20-11-27(38)31(33(42)43)28(39)12-20/h6-17,33H,2-5H2,1H3. The summed E-state index contributed by atoms with van der Waals surface area (Å²) in [5.41, 5.74) is -3.85. The van der Waals surface area contributed by atoms with Crippen LogP contribution in [0.1, 0.15) is 49.3 Å². The molecule has 0 aliphatic heterocycles. The number of rotatable bonds is 11. The lowest BCUT2D eigenvalue weighted by molar-refractivity contribution is -0.189. The van der Waals surface area contributed by atoms with Crippen LogP contribution < -0.4 is 4.74 Å². The van der Waals surface area contributed by atoms with E-state index in [4.69, 9.17) is 0 Å². The molecule has 48 heavy (non-hydrogen) atoms. The van der Waals surface area contributed by atoms with Crippen molar-refractivity contribution in [2.24, 2.45) is 0 Å². The van der Waals surface area contributed by atoms with Crippen LogP contribution in [0.2, 0.25) is 0 Å². The molecule has 5 rings (SSSR count). The number of aryl methyl sites for hydroxylation is 1. The Kier molecular flexibility index (Phi) is 10.1. The van der Waals surface area contributed by atoms with Gasteiger partial charge in [-0.3, -0.25) is 0 Å². The molecule has 3 nitrogen and oxygen atoms in total. The Morgan fingerprint density at radius 2 is 1.19 bits per heavy atom. The third-order valence-corrected chi connectivity index (χ3v) is 7.44. The molecule has 0 N–H and O–H groups in total. The van der Waals surface area contributed by atoms with Crippen LogP contribution in [0, 0.1) is 34.9 Å². The van der Waals surface area contributed by atoms with E-state index in [1.807, 2.05) is 6.92 Å². The molecule has 250 valence electrons. The second-order valence-corrected chi connectivity index (χ2v) is 10.8. The van der Waals surface area contributed by atoms with Gasteiger partial charge in [-0.25, -0.2) is 45.1 Å². The summed E-state index contributed by atoms with van der Waals surface area (Å²) in [6, 6.07) is 7.50. The van der Waals surface area contributed by atoms with Crippen LogP contribution in [0.4, 0.5) is 43.9 Å². The van der Waals surface area contributed by atoms with E-state index < -0.39 is 75.4 Å². The van der Waals surface area contributed by atoms with Crippen molar-refractivity contribution in [3.63, 3.8) is 0 Å². The smallest absolute Gasteiger partial charge is 0.429 e. The van der Waals surface area contributed by atoms with Crippen LogP contribution in [0.3, 0.4) is 0 Å². The molecule has 13 heteroatoms. The van der Waals surface area contributed by atoms with E-state index in [1.165, 1.54) is 12.4 Å². The summed E-state index contributed by atoms with van der Waals surface area (Å²) >= 11 is 0. The van der Waals surface area contributed by atoms with Gasteiger partial charge in [-0.05, 0) is 72.0 Å². The first-order chi connectivity index (χ1) is 22.8. The average molecular weight is 679 g/mol. The van der Waals surface area contributed by atoms with Crippen LogP contribution in [0.25, 0.3) is 33.6 Å². The largest absolute Gasteiger partial charge is 0.432 e. The lowest BCUT2D eigenvalue weighted by Gasteiger charge is -2.20. The molecule has 5 aromatic rings. The SMILES string of the molecule is CCCCCc1cnc(-c2cc(F)c(C(F)(F)Oc3ccc(-c4ccc(-c5cc(F)c(C(F)F)c(F)c5)c(F)c4)c(F)c3)c(F)c2)nc1. The zero-order valence-corrected chi connectivity index (χ0v) is 24.9. The molecule has 1 aromatic heterocycles. The van der Waals surface area contributed by atoms with Crippen molar-refractivity contribution >= 4 is 0 Å². The molecule has 0 aliphatic carbocycles. The van der Waals surface area contributed by atoms with Gasteiger partial charge in [0.05, 0.1) is 5.56 Å². The maximum Gasteiger partial charge on any atom is 0.432 e. The summed E-state index contributed by atoms with van der Waals surface area (Å²) < 4.78 is 148. The molecule has 0 spiro atoms. The van der Waals surface area contributed by atoms with E-state index in [-0.39, 0.29) is 22.5 Å². The molecule has 1 heterocycles. The van der Waals surface area contributed by atoms with Crippen molar-refractivity contribution in [1.29, 1.82) is 0 Å². The molecular formula is C35H24F10N2O. The van der Waals surface area contributed by atoms with E-state index >= 15 is 13.2 Å². The van der Waals surface area contributed by atoms with Crippen LogP contribution in [-0.2, 0) is 12.5 Å². The fourth-order valence-electron chi connectivity index (χ4n) is 5.05. The molecular weight excluding hydrogens is 654 g/mol. The van der Waals surface area contributed by atoms with E-state index in [1.54, 1.807) is 0 Å². The third kappa shape index (κ3) is 7.29. The number of unbranched alkanes of at least 4 members (excludes halogenated alkanes) is 2. The Bertz CT molecular complexity index is 1900. The molecule has 0 aliphatic rings. The fraction of sp³-hybridized carbons (Fsp3) is 0.200. The minimum Gasteiger partial charge on any atom is -0.429 e. The Morgan fingerprint density at radius 3 is 1.75 bits per heavy atom. The van der Waals surface area contributed by atoms with Crippen molar-refractivity contribution in [2.45, 2.75) is 45.1 Å². The third-order valence-electron chi connectivity index (χ3n) is 7.44. The van der Waals surface area contributed by atoms with Crippen molar-refractivity contribution in [2.75, 3.05) is 0 Å². The zero-order valence-electron chi connectivity index (χ0n) is 24.9. The molecule has 0 radical (unpaired) electrons. The topological polar surface area (TPSA) is 35.0 Å². The second kappa shape index (κ2) is 14.0. The summed E-state index contributed by atoms with van der Waals surface area (Å²) in [7, 11) is 0. The number of ether oxygens (including phenoxy) is 1. The highest BCUT2D eigenvalue weighted by atomic mass is 19.3. The Balaban J connectivity index is 1.35. The molecule has 0 unspecified atom stereocenters. The zero-order chi connectivity index (χ0) is 34.7. The maximum absolute atomic E-state index is 15.0. The van der Waals surface area contributed by atoms with Gasteiger partial charge < -0.3 is 4.74 Å². The first kappa shape index (κ1) is 34.4. The Labute approximate surface area is 267 Å². The number of alkyl halides is 4. The maximum atomic E-state index is 15.0. The van der Waals surface area contributed by atoms with Gasteiger partial charge >= 0.3 is 6.11 Å². The quantitative estimate of drug-likeness (QED) is 0.103. The molecule has 4 aromatic carbocycles. The monoisotopic (exact) mass is 678 g/mol. The van der Waals surface area contributed by atoms with Gasteiger partial charge in [0.15, 0.2) is 5.82 Å². The average Bonchev–Trinajstić information content (AvgIpc) is 3.00. The minimum absolute atomic E-state index is 0.0890. The van der Waals surface area contributed by atoms with E-state index in [2.05, 4.69) is 14.7 Å². The van der Waals surface area contributed by atoms with Crippen molar-refractivity contribution in [3.05, 3.63) is 125 Å². The lowest BCUT2D eigenvalue weighted by atomic mass is 9.98. The summed E-state index contributed by atoms with van der Waals surface area (Å²) in [4.78, 5) is 8.14. The highest BCUT2D eigenvalue weighted by Gasteiger charge is 2.41. The van der Waals surface area contributed by atoms with Gasteiger partial charge in [-0.1, -0.05) is 31.9 Å². The molecule has 0 amide bonds. The molecule has 0 saturated heterocycles. The van der Waals surface area contributed by atoms with Gasteiger partial charge in [0.1, 0.15) is 46.2 Å². The highest BCUT2D eigenvalue weighted by Crippen LogP contribution is 2.39. The molecule has 0 fully saturated rings. The van der Waals surface area contributed by atoms with Gasteiger partial charge in [0.2, 0.25) is 0 Å². The Morgan fingerprint density at radius 1 is 0.646 bits per heavy atom. The van der Waals surface area contributed by atoms with Crippen molar-refractivity contribution < 1.29 is 48.6 Å². The minimum atomic E-state index is -4.61. The summed E-state index contributed by atoms with van der Waals surface area (Å²) in [5, 5.41) is 0. The number of benzene rings is 4. The number of hydrogen-bond donors (Lipinski definition) is 0. The Hall–Kier alpha value is -4.94. The van der Waals surface area contributed by atoms with Crippen molar-refractivity contribution in [1.82, 2.24) is 9.97 Å². The van der Waals surface area contributed by atoms with Crippen LogP contribution in [-0.4, -0.2) is 9.97 Å². The van der Waals surface area contributed by atoms with Crippen LogP contribution in [0.5, 0.6) is 5.75 Å². The number of hydrogen-bond acceptors (Lipinski definition) is 3. The number of aromatic nitrogens is 2. The molecule has 0 saturated carbocycles. The first-order valence-corrected chi connectivity index (χ1v) is 14.5. The van der Waals surface area contributed by atoms with Crippen LogP contribution >= 0.6 is 0 Å². The summed E-state index contributed by atoms with van der Waals surface area (Å²) in [6.45, 7) is 2.05. The summed E-state index contributed by atoms with van der Waals surface area (Å²) in [5.74, 6) is -9.72. The highest BCUT2D eigenvalue weighted by molar-refractivity contribution is 5.72. The molecule has 0 atom stereocenters. The first-order valence-electron chi connectivity index (χ1n) is 14.5. The second-order valence-electron chi connectivity index (χ2n) is 10.8. The number of halogens is 10. The fourth-order valence-corrected chi connectivity index (χ4v) is 5.05. The van der Waals surface area contributed by atoms with Gasteiger partial charge in [0.25, 0.3) is 6.43 Å². The van der Waals surface area contributed by atoms with E-state index in [0.29, 0.717) is 36.8 Å². The van der Waals surface area contributed by atoms with Gasteiger partial charge in [-0.15, -0.1) is 0 Å². The van der Waals surface area contributed by atoms with Crippen molar-refractivity contribution in [3.8, 4) is 39.4 Å². The molecule has 0 bridgehead atoms. The predicted molar refractivity (Wildman–Crippen MR) is 157 cm³/mol. The van der Waals surface area contributed by atoms with E-state index in [9.17, 15) is 30.7 Å². The lowest BCUT2D eigenvalue weighted by Crippen LogP contribution is -2.25. The number of nitrogens with zero attached hydrogens (tertiary/aromatic N) is 2.